The molecule has 27 heavy (non-hydrogen) atoms. The summed E-state index contributed by atoms with van der Waals surface area (Å²) in [5.74, 6) is 8.92. The summed E-state index contributed by atoms with van der Waals surface area (Å²) in [6.07, 6.45) is 20.6. The van der Waals surface area contributed by atoms with E-state index in [1.807, 2.05) is 18.2 Å². The summed E-state index contributed by atoms with van der Waals surface area (Å²) in [6, 6.07) is 10.2. The second-order valence-electron chi connectivity index (χ2n) is 6.67. The maximum absolute atomic E-state index is 11.8. The molecule has 1 aromatic carbocycles. The molecule has 2 heteroatoms. The molecule has 0 atom stereocenters. The Labute approximate surface area is 165 Å². The monoisotopic (exact) mass is 363 g/mol. The van der Waals surface area contributed by atoms with Crippen LogP contribution in [0.15, 0.2) is 42.5 Å². The van der Waals surface area contributed by atoms with E-state index < -0.39 is 0 Å². The molecule has 0 bridgehead atoms. The summed E-state index contributed by atoms with van der Waals surface area (Å²) in [5.41, 5.74) is 1.25. The first-order valence-electron chi connectivity index (χ1n) is 10.2. The van der Waals surface area contributed by atoms with Gasteiger partial charge in [0.2, 0.25) is 5.91 Å². The summed E-state index contributed by atoms with van der Waals surface area (Å²) >= 11 is 0. The molecule has 0 aromatic heterocycles. The Morgan fingerprint density at radius 3 is 2.44 bits per heavy atom. The Hall–Kier alpha value is -2.45. The zero-order valence-corrected chi connectivity index (χ0v) is 16.5. The molecule has 0 saturated heterocycles. The largest absolute Gasteiger partial charge is 0.356 e. The van der Waals surface area contributed by atoms with Gasteiger partial charge in [-0.1, -0.05) is 68.0 Å². The third-order valence-corrected chi connectivity index (χ3v) is 4.32. The zero-order valence-electron chi connectivity index (χ0n) is 16.5. The summed E-state index contributed by atoms with van der Waals surface area (Å²) in [5, 5.41) is 2.96. The lowest BCUT2D eigenvalue weighted by molar-refractivity contribution is -0.120. The van der Waals surface area contributed by atoms with Crippen molar-refractivity contribution >= 4 is 5.91 Å². The van der Waals surface area contributed by atoms with Crippen molar-refractivity contribution in [2.24, 2.45) is 0 Å². The van der Waals surface area contributed by atoms with E-state index in [-0.39, 0.29) is 5.91 Å². The van der Waals surface area contributed by atoms with Crippen LogP contribution in [-0.4, -0.2) is 12.5 Å². The van der Waals surface area contributed by atoms with Crippen molar-refractivity contribution in [2.75, 3.05) is 6.54 Å². The highest BCUT2D eigenvalue weighted by Gasteiger charge is 1.99. The summed E-state index contributed by atoms with van der Waals surface area (Å²) in [4.78, 5) is 11.8. The highest BCUT2D eigenvalue weighted by molar-refractivity contribution is 5.76. The molecule has 0 aliphatic carbocycles. The number of carbonyl (C=O) groups is 1. The van der Waals surface area contributed by atoms with Gasteiger partial charge in [-0.3, -0.25) is 4.79 Å². The number of nitrogens with one attached hydrogen (secondary N) is 1. The molecule has 2 nitrogen and oxygen atoms in total. The van der Waals surface area contributed by atoms with Gasteiger partial charge in [0, 0.05) is 25.8 Å². The molecule has 0 aliphatic rings. The van der Waals surface area contributed by atoms with Crippen LogP contribution in [0, 0.1) is 24.2 Å². The van der Waals surface area contributed by atoms with Gasteiger partial charge >= 0.3 is 0 Å². The van der Waals surface area contributed by atoms with Crippen LogP contribution in [0.3, 0.4) is 0 Å². The molecule has 0 unspecified atom stereocenters. The van der Waals surface area contributed by atoms with Gasteiger partial charge in [0.25, 0.3) is 0 Å². The topological polar surface area (TPSA) is 29.1 Å². The van der Waals surface area contributed by atoms with E-state index in [1.165, 1.54) is 37.7 Å². The average Bonchev–Trinajstić information content (AvgIpc) is 2.69. The number of hydrogen-bond donors (Lipinski definition) is 1. The van der Waals surface area contributed by atoms with E-state index in [0.717, 1.165) is 25.7 Å². The fourth-order valence-corrected chi connectivity index (χ4v) is 2.77. The Morgan fingerprint density at radius 2 is 1.67 bits per heavy atom. The second-order valence-corrected chi connectivity index (χ2v) is 6.67. The van der Waals surface area contributed by atoms with Crippen molar-refractivity contribution in [3.05, 3.63) is 48.0 Å². The van der Waals surface area contributed by atoms with Gasteiger partial charge in [0.15, 0.2) is 0 Å². The quantitative estimate of drug-likeness (QED) is 0.367. The minimum atomic E-state index is 0.0947. The van der Waals surface area contributed by atoms with Crippen molar-refractivity contribution in [2.45, 2.75) is 70.6 Å². The predicted octanol–water partition coefficient (Wildman–Crippen LogP) is 5.44. The molecule has 0 heterocycles. The predicted molar refractivity (Wildman–Crippen MR) is 115 cm³/mol. The number of unbranched alkanes of at least 4 members (excludes halogenated alkanes) is 7. The van der Waals surface area contributed by atoms with Crippen LogP contribution in [0.25, 0.3) is 0 Å². The van der Waals surface area contributed by atoms with E-state index in [2.05, 4.69) is 41.3 Å². The van der Waals surface area contributed by atoms with Gasteiger partial charge < -0.3 is 5.32 Å². The van der Waals surface area contributed by atoms with Crippen LogP contribution in [0.5, 0.6) is 0 Å². The van der Waals surface area contributed by atoms with Crippen molar-refractivity contribution in [3.63, 3.8) is 0 Å². The number of hydrogen-bond acceptors (Lipinski definition) is 1. The fourth-order valence-electron chi connectivity index (χ4n) is 2.77. The summed E-state index contributed by atoms with van der Waals surface area (Å²) in [7, 11) is 0. The normalized spacial score (nSPS) is 10.2. The number of terminal acetylenes is 1. The number of allylic oxidation sites excluding steroid dienone is 2. The van der Waals surface area contributed by atoms with E-state index >= 15 is 0 Å². The molecule has 144 valence electrons. The molecular weight excluding hydrogens is 330 g/mol. The molecule has 0 aliphatic heterocycles. The van der Waals surface area contributed by atoms with Crippen LogP contribution < -0.4 is 5.32 Å². The maximum Gasteiger partial charge on any atom is 0.220 e. The average molecular weight is 364 g/mol. The standard InChI is InChI=1S/C25H33NO/c1-2-3-4-5-6-7-8-9-10-11-12-13-14-18-21-25(27)26-23-22-24-19-16-15-17-20-24/h1,3-4,15-17,19-20H,5-12,18,21-23H2,(H,26,27)/b4-3-. The molecule has 1 rings (SSSR count). The number of rotatable bonds is 13. The highest BCUT2D eigenvalue weighted by atomic mass is 16.1. The van der Waals surface area contributed by atoms with E-state index in [9.17, 15) is 4.79 Å². The number of amides is 1. The summed E-state index contributed by atoms with van der Waals surface area (Å²) < 4.78 is 0. The van der Waals surface area contributed by atoms with Gasteiger partial charge in [-0.05, 0) is 37.3 Å². The van der Waals surface area contributed by atoms with Gasteiger partial charge in [0.05, 0.1) is 0 Å². The Bertz CT molecular complexity index is 628. The second kappa shape index (κ2) is 17.0. The Morgan fingerprint density at radius 1 is 0.963 bits per heavy atom. The molecule has 1 amide bonds. The molecule has 0 fully saturated rings. The third kappa shape index (κ3) is 14.4. The molecular formula is C25H33NO. The van der Waals surface area contributed by atoms with Gasteiger partial charge in [-0.15, -0.1) is 18.3 Å². The Kier molecular flexibility index (Phi) is 14.2. The maximum atomic E-state index is 11.8. The van der Waals surface area contributed by atoms with Crippen molar-refractivity contribution in [3.8, 4) is 24.2 Å². The van der Waals surface area contributed by atoms with Crippen molar-refractivity contribution in [1.29, 1.82) is 0 Å². The first kappa shape index (κ1) is 22.6. The lowest BCUT2D eigenvalue weighted by atomic mass is 10.1. The van der Waals surface area contributed by atoms with E-state index in [4.69, 9.17) is 6.42 Å². The lowest BCUT2D eigenvalue weighted by Gasteiger charge is -2.03. The van der Waals surface area contributed by atoms with Crippen LogP contribution in [0.2, 0.25) is 0 Å². The van der Waals surface area contributed by atoms with Gasteiger partial charge in [0.1, 0.15) is 0 Å². The van der Waals surface area contributed by atoms with Crippen molar-refractivity contribution in [1.82, 2.24) is 5.32 Å². The third-order valence-electron chi connectivity index (χ3n) is 4.32. The number of carbonyl (C=O) groups excluding carboxylic acids is 1. The van der Waals surface area contributed by atoms with Crippen LogP contribution >= 0.6 is 0 Å². The van der Waals surface area contributed by atoms with Crippen LogP contribution in [-0.2, 0) is 11.2 Å². The van der Waals surface area contributed by atoms with Crippen molar-refractivity contribution < 1.29 is 4.79 Å². The minimum Gasteiger partial charge on any atom is -0.356 e. The van der Waals surface area contributed by atoms with Crippen LogP contribution in [0.4, 0.5) is 0 Å². The molecule has 0 radical (unpaired) electrons. The smallest absolute Gasteiger partial charge is 0.220 e. The fraction of sp³-hybridized carbons (Fsp3) is 0.480. The number of benzene rings is 1. The zero-order chi connectivity index (χ0) is 19.4. The molecule has 0 spiro atoms. The molecule has 0 saturated carbocycles. The lowest BCUT2D eigenvalue weighted by Crippen LogP contribution is -2.25. The van der Waals surface area contributed by atoms with Gasteiger partial charge in [-0.25, -0.2) is 0 Å². The van der Waals surface area contributed by atoms with E-state index in [1.54, 1.807) is 6.08 Å². The first-order valence-corrected chi connectivity index (χ1v) is 10.2. The minimum absolute atomic E-state index is 0.0947. The highest BCUT2D eigenvalue weighted by Crippen LogP contribution is 2.08. The SMILES string of the molecule is C#C/C=C\CCCCCCCCC#CCCC(=O)NCCc1ccccc1. The molecule has 1 aromatic rings. The van der Waals surface area contributed by atoms with Crippen LogP contribution in [0.1, 0.15) is 69.8 Å². The first-order chi connectivity index (χ1) is 13.3. The summed E-state index contributed by atoms with van der Waals surface area (Å²) in [6.45, 7) is 0.691. The van der Waals surface area contributed by atoms with Gasteiger partial charge in [-0.2, -0.15) is 0 Å². The van der Waals surface area contributed by atoms with E-state index in [0.29, 0.717) is 19.4 Å². The molecule has 1 N–H and O–H groups in total. The Balaban J connectivity index is 1.88.